The molecule has 3 nitrogen and oxygen atoms in total. The van der Waals surface area contributed by atoms with Gasteiger partial charge < -0.3 is 9.72 Å². The van der Waals surface area contributed by atoms with E-state index in [9.17, 15) is 4.79 Å². The third-order valence-corrected chi connectivity index (χ3v) is 7.45. The van der Waals surface area contributed by atoms with Gasteiger partial charge in [0.15, 0.2) is 0 Å². The molecule has 0 unspecified atom stereocenters. The normalized spacial score (nSPS) is 32.6. The zero-order chi connectivity index (χ0) is 14.0. The Hall–Kier alpha value is -1.20. The SMILES string of the molecule is O=c1[nH]c2c(s1)[C@@H]1c3ccccc3O[C@H]3CCC[C@@H](S2)[C@H]13. The van der Waals surface area contributed by atoms with Crippen LogP contribution in [0.5, 0.6) is 5.75 Å². The molecule has 5 rings (SSSR count). The Balaban J connectivity index is 1.77. The van der Waals surface area contributed by atoms with E-state index in [1.807, 2.05) is 17.8 Å². The van der Waals surface area contributed by atoms with E-state index in [4.69, 9.17) is 4.74 Å². The van der Waals surface area contributed by atoms with E-state index in [0.29, 0.717) is 23.2 Å². The molecular formula is C16H15NO2S2. The second-order valence-electron chi connectivity index (χ2n) is 6.04. The quantitative estimate of drug-likeness (QED) is 0.807. The van der Waals surface area contributed by atoms with E-state index >= 15 is 0 Å². The molecule has 0 bridgehead atoms. The lowest BCUT2D eigenvalue weighted by Gasteiger charge is -2.48. The van der Waals surface area contributed by atoms with Crippen LogP contribution < -0.4 is 9.61 Å². The number of thiazole rings is 1. The lowest BCUT2D eigenvalue weighted by molar-refractivity contribution is 0.0666. The van der Waals surface area contributed by atoms with Crippen molar-refractivity contribution in [3.63, 3.8) is 0 Å². The first-order valence-corrected chi connectivity index (χ1v) is 9.16. The zero-order valence-corrected chi connectivity index (χ0v) is 13.0. The number of hydrogen-bond donors (Lipinski definition) is 1. The van der Waals surface area contributed by atoms with Gasteiger partial charge in [0.25, 0.3) is 0 Å². The highest BCUT2D eigenvalue weighted by molar-refractivity contribution is 8.00. The van der Waals surface area contributed by atoms with E-state index in [1.165, 1.54) is 34.6 Å². The fourth-order valence-electron chi connectivity index (χ4n) is 4.15. The number of rotatable bonds is 0. The monoisotopic (exact) mass is 317 g/mol. The van der Waals surface area contributed by atoms with E-state index in [-0.39, 0.29) is 4.87 Å². The first-order valence-electron chi connectivity index (χ1n) is 7.46. The summed E-state index contributed by atoms with van der Waals surface area (Å²) in [5, 5.41) is 1.67. The highest BCUT2D eigenvalue weighted by atomic mass is 32.2. The summed E-state index contributed by atoms with van der Waals surface area (Å²) in [4.78, 5) is 16.2. The van der Waals surface area contributed by atoms with Crippen molar-refractivity contribution in [3.05, 3.63) is 44.4 Å². The predicted molar refractivity (Wildman–Crippen MR) is 84.6 cm³/mol. The number of H-pyrrole nitrogens is 1. The molecule has 0 saturated heterocycles. The van der Waals surface area contributed by atoms with Crippen LogP contribution in [0.2, 0.25) is 0 Å². The van der Waals surface area contributed by atoms with Gasteiger partial charge in [-0.1, -0.05) is 29.5 Å². The van der Waals surface area contributed by atoms with E-state index < -0.39 is 0 Å². The Morgan fingerprint density at radius 2 is 2.14 bits per heavy atom. The predicted octanol–water partition coefficient (Wildman–Crippen LogP) is 3.60. The fourth-order valence-corrected chi connectivity index (χ4v) is 6.86. The van der Waals surface area contributed by atoms with Gasteiger partial charge in [0.05, 0.1) is 5.03 Å². The van der Waals surface area contributed by atoms with Crippen molar-refractivity contribution in [1.29, 1.82) is 0 Å². The first kappa shape index (κ1) is 12.4. The van der Waals surface area contributed by atoms with Gasteiger partial charge in [0.2, 0.25) is 0 Å². The highest BCUT2D eigenvalue weighted by Crippen LogP contribution is 2.57. The Morgan fingerprint density at radius 3 is 3.10 bits per heavy atom. The molecule has 2 aromatic rings. The molecule has 4 atom stereocenters. The Labute approximate surface area is 130 Å². The van der Waals surface area contributed by atoms with Gasteiger partial charge >= 0.3 is 4.87 Å². The van der Waals surface area contributed by atoms with E-state index in [0.717, 1.165) is 17.2 Å². The largest absolute Gasteiger partial charge is 0.490 e. The molecule has 2 aliphatic heterocycles. The summed E-state index contributed by atoms with van der Waals surface area (Å²) in [7, 11) is 0. The Kier molecular flexibility index (Phi) is 2.59. The molecular weight excluding hydrogens is 302 g/mol. The maximum Gasteiger partial charge on any atom is 0.305 e. The smallest absolute Gasteiger partial charge is 0.305 e. The third-order valence-electron chi connectivity index (χ3n) is 4.95. The number of para-hydroxylation sites is 1. The standard InChI is InChI=1S/C16H15NO2S2/c18-16-17-15-14(21-16)12-8-4-1-2-5-9(8)19-10-6-3-7-11(20-15)13(10)12/h1-2,4-5,10-13H,3,6-7H2,(H,17,18)/t10-,11+,12+,13+/m0/s1. The van der Waals surface area contributed by atoms with Gasteiger partial charge in [-0.2, -0.15) is 0 Å². The van der Waals surface area contributed by atoms with Crippen molar-refractivity contribution in [2.75, 3.05) is 0 Å². The molecule has 1 aromatic carbocycles. The van der Waals surface area contributed by atoms with E-state index in [2.05, 4.69) is 23.2 Å². The second-order valence-corrected chi connectivity index (χ2v) is 8.31. The van der Waals surface area contributed by atoms with Crippen molar-refractivity contribution in [2.45, 2.75) is 41.6 Å². The van der Waals surface area contributed by atoms with Gasteiger partial charge in [-0.15, -0.1) is 11.8 Å². The summed E-state index contributed by atoms with van der Waals surface area (Å²) in [5.41, 5.74) is 1.27. The maximum absolute atomic E-state index is 11.9. The number of benzene rings is 1. The highest BCUT2D eigenvalue weighted by Gasteiger charge is 2.50. The number of hydrogen-bond acceptors (Lipinski definition) is 4. The van der Waals surface area contributed by atoms with Crippen LogP contribution in [0, 0.1) is 5.92 Å². The Bertz CT molecular complexity index is 766. The number of aromatic nitrogens is 1. The lowest BCUT2D eigenvalue weighted by Crippen LogP contribution is -2.46. The van der Waals surface area contributed by atoms with Crippen molar-refractivity contribution in [1.82, 2.24) is 4.98 Å². The summed E-state index contributed by atoms with van der Waals surface area (Å²) in [6.45, 7) is 0. The van der Waals surface area contributed by atoms with Crippen LogP contribution in [0.1, 0.15) is 35.6 Å². The van der Waals surface area contributed by atoms with Crippen molar-refractivity contribution in [3.8, 4) is 5.75 Å². The summed E-state index contributed by atoms with van der Waals surface area (Å²) in [5.74, 6) is 1.87. The Morgan fingerprint density at radius 1 is 1.24 bits per heavy atom. The molecule has 1 aliphatic carbocycles. The van der Waals surface area contributed by atoms with Gasteiger partial charge in [0, 0.05) is 27.5 Å². The van der Waals surface area contributed by atoms with E-state index in [1.54, 1.807) is 0 Å². The van der Waals surface area contributed by atoms with Crippen molar-refractivity contribution in [2.24, 2.45) is 5.92 Å². The van der Waals surface area contributed by atoms with Crippen LogP contribution >= 0.6 is 23.1 Å². The molecule has 1 saturated carbocycles. The number of ether oxygens (including phenoxy) is 1. The van der Waals surface area contributed by atoms with Gasteiger partial charge in [-0.25, -0.2) is 0 Å². The molecule has 21 heavy (non-hydrogen) atoms. The number of nitrogens with one attached hydrogen (secondary N) is 1. The van der Waals surface area contributed by atoms with Gasteiger partial charge in [-0.3, -0.25) is 4.79 Å². The average Bonchev–Trinajstić information content (AvgIpc) is 2.87. The molecule has 3 aliphatic rings. The van der Waals surface area contributed by atoms with Crippen LogP contribution in [0.4, 0.5) is 0 Å². The van der Waals surface area contributed by atoms with Crippen LogP contribution in [-0.2, 0) is 0 Å². The number of thioether (sulfide) groups is 1. The molecule has 1 aromatic heterocycles. The minimum Gasteiger partial charge on any atom is -0.490 e. The van der Waals surface area contributed by atoms with Crippen LogP contribution in [-0.4, -0.2) is 16.3 Å². The number of fused-ring (bicyclic) bond motifs is 4. The topological polar surface area (TPSA) is 42.1 Å². The fraction of sp³-hybridized carbons (Fsp3) is 0.438. The maximum atomic E-state index is 11.9. The number of aromatic amines is 1. The van der Waals surface area contributed by atoms with Crippen molar-refractivity contribution >= 4 is 23.1 Å². The van der Waals surface area contributed by atoms with Gasteiger partial charge in [-0.05, 0) is 25.3 Å². The third kappa shape index (κ3) is 1.70. The summed E-state index contributed by atoms with van der Waals surface area (Å²) in [6.07, 6.45) is 3.89. The van der Waals surface area contributed by atoms with Gasteiger partial charge in [0.1, 0.15) is 11.9 Å². The summed E-state index contributed by atoms with van der Waals surface area (Å²) >= 11 is 3.26. The average molecular weight is 317 g/mol. The molecule has 1 fully saturated rings. The second kappa shape index (κ2) is 4.40. The van der Waals surface area contributed by atoms with Crippen LogP contribution in [0.3, 0.4) is 0 Å². The molecule has 0 spiro atoms. The molecule has 5 heteroatoms. The summed E-state index contributed by atoms with van der Waals surface area (Å²) in [6, 6.07) is 8.37. The minimum atomic E-state index is 0.0756. The molecule has 0 amide bonds. The summed E-state index contributed by atoms with van der Waals surface area (Å²) < 4.78 is 6.30. The van der Waals surface area contributed by atoms with Crippen LogP contribution in [0.25, 0.3) is 0 Å². The molecule has 108 valence electrons. The van der Waals surface area contributed by atoms with Crippen LogP contribution in [0.15, 0.2) is 34.1 Å². The minimum absolute atomic E-state index is 0.0756. The lowest BCUT2D eigenvalue weighted by atomic mass is 9.72. The molecule has 0 radical (unpaired) electrons. The molecule has 3 heterocycles. The van der Waals surface area contributed by atoms with Crippen molar-refractivity contribution < 1.29 is 4.74 Å². The molecule has 1 N–H and O–H groups in total. The zero-order valence-electron chi connectivity index (χ0n) is 11.4. The first-order chi connectivity index (χ1) is 10.3.